The van der Waals surface area contributed by atoms with E-state index in [1.165, 1.54) is 18.7 Å². The highest BCUT2D eigenvalue weighted by molar-refractivity contribution is 6.32. The maximum atomic E-state index is 13.4. The van der Waals surface area contributed by atoms with Crippen molar-refractivity contribution in [1.29, 1.82) is 0 Å². The number of methoxy groups -OCH3 is 1. The Kier molecular flexibility index (Phi) is 3.59. The molecule has 2 atom stereocenters. The molecule has 2 aromatic heterocycles. The van der Waals surface area contributed by atoms with Crippen molar-refractivity contribution in [3.05, 3.63) is 52.0 Å². The van der Waals surface area contributed by atoms with Crippen LogP contribution < -0.4 is 4.74 Å². The fourth-order valence-electron chi connectivity index (χ4n) is 5.13. The number of ether oxygens (including phenoxy) is 1. The summed E-state index contributed by atoms with van der Waals surface area (Å²) in [6.07, 6.45) is 0. The molecule has 2 aromatic carbocycles. The molecule has 1 saturated heterocycles. The Morgan fingerprint density at radius 2 is 1.66 bits per heavy atom. The van der Waals surface area contributed by atoms with Crippen LogP contribution >= 0.6 is 23.2 Å². The number of carbonyl (C=O) groups is 2. The molecular formula is C22H15Cl2N3O5. The van der Waals surface area contributed by atoms with Gasteiger partial charge in [0.25, 0.3) is 17.5 Å². The second-order valence-corrected chi connectivity index (χ2v) is 8.87. The minimum absolute atomic E-state index is 0.0555. The summed E-state index contributed by atoms with van der Waals surface area (Å²) < 4.78 is 6.94. The molecule has 4 heterocycles. The van der Waals surface area contributed by atoms with E-state index < -0.39 is 23.1 Å². The number of nitrogens with zero attached hydrogens (tertiary/aromatic N) is 2. The number of likely N-dealkylation sites (tertiary alicyclic amines) is 1. The molecule has 2 aliphatic heterocycles. The van der Waals surface area contributed by atoms with Crippen LogP contribution in [-0.4, -0.2) is 50.6 Å². The molecule has 2 aliphatic rings. The van der Waals surface area contributed by atoms with E-state index in [4.69, 9.17) is 27.9 Å². The summed E-state index contributed by atoms with van der Waals surface area (Å²) in [5.74, 6) is -1.60. The zero-order chi connectivity index (χ0) is 22.7. The van der Waals surface area contributed by atoms with Crippen LogP contribution in [0.4, 0.5) is 0 Å². The molecule has 2 amide bonds. The summed E-state index contributed by atoms with van der Waals surface area (Å²) in [5, 5.41) is 25.6. The number of nitrogens with one attached hydrogen (secondary N) is 1. The molecule has 6 rings (SSSR count). The molecule has 0 saturated carbocycles. The molecule has 1 fully saturated rings. The number of H-pyrrole nitrogens is 1. The molecule has 8 nitrogen and oxygen atoms in total. The normalized spacial score (nSPS) is 24.2. The van der Waals surface area contributed by atoms with E-state index in [0.29, 0.717) is 49.0 Å². The third-order valence-electron chi connectivity index (χ3n) is 6.49. The lowest BCUT2D eigenvalue weighted by Gasteiger charge is -2.40. The fraction of sp³-hybridized carbons (Fsp3) is 0.182. The first-order valence-corrected chi connectivity index (χ1v) is 10.4. The van der Waals surface area contributed by atoms with E-state index in [1.807, 2.05) is 0 Å². The van der Waals surface area contributed by atoms with E-state index in [0.717, 1.165) is 4.90 Å². The highest BCUT2D eigenvalue weighted by atomic mass is 35.5. The number of carbonyl (C=O) groups excluding carboxylic acids is 2. The van der Waals surface area contributed by atoms with Gasteiger partial charge in [0, 0.05) is 38.9 Å². The Morgan fingerprint density at radius 3 is 2.34 bits per heavy atom. The minimum Gasteiger partial charge on any atom is -0.494 e. The number of halogens is 2. The van der Waals surface area contributed by atoms with Gasteiger partial charge < -0.3 is 19.9 Å². The minimum atomic E-state index is -2.67. The first-order valence-electron chi connectivity index (χ1n) is 9.64. The predicted molar refractivity (Wildman–Crippen MR) is 118 cm³/mol. The smallest absolute Gasteiger partial charge is 0.286 e. The Bertz CT molecular complexity index is 1540. The van der Waals surface area contributed by atoms with Gasteiger partial charge in [0.15, 0.2) is 5.75 Å². The lowest BCUT2D eigenvalue weighted by atomic mass is 9.79. The molecule has 4 aromatic rings. The summed E-state index contributed by atoms with van der Waals surface area (Å²) in [4.78, 5) is 30.6. The van der Waals surface area contributed by atoms with Gasteiger partial charge in [0.2, 0.25) is 5.60 Å². The van der Waals surface area contributed by atoms with Crippen molar-refractivity contribution >= 4 is 56.8 Å². The van der Waals surface area contributed by atoms with Crippen molar-refractivity contribution in [1.82, 2.24) is 14.5 Å². The van der Waals surface area contributed by atoms with Gasteiger partial charge in [-0.3, -0.25) is 19.1 Å². The monoisotopic (exact) mass is 471 g/mol. The quantitative estimate of drug-likeness (QED) is 0.370. The standard InChI is InChI=1S/C22H15Cl2N3O5/c1-26-19(28)21(30)15-11-7-9(23)3-5-13(11)25-16(15)17-18(32-2)12-8-10(24)4-6-14(12)27(17)22(21,31)20(26)29/h3-8,25,30-31H,1-2H3. The zero-order valence-corrected chi connectivity index (χ0v) is 18.2. The van der Waals surface area contributed by atoms with Gasteiger partial charge in [-0.15, -0.1) is 0 Å². The van der Waals surface area contributed by atoms with Crippen LogP contribution in [0.5, 0.6) is 5.75 Å². The number of amides is 2. The van der Waals surface area contributed by atoms with Gasteiger partial charge in [-0.05, 0) is 36.4 Å². The van der Waals surface area contributed by atoms with Gasteiger partial charge in [0.1, 0.15) is 5.69 Å². The molecule has 2 unspecified atom stereocenters. The molecule has 0 aliphatic carbocycles. The number of likely N-dealkylation sites (N-methyl/N-ethyl adjacent to an activating group) is 1. The first-order chi connectivity index (χ1) is 15.2. The Balaban J connectivity index is 1.92. The molecular weight excluding hydrogens is 457 g/mol. The van der Waals surface area contributed by atoms with Crippen LogP contribution in [0.2, 0.25) is 10.0 Å². The Labute approximate surface area is 190 Å². The average Bonchev–Trinajstić information content (AvgIpc) is 3.34. The Hall–Kier alpha value is -3.04. The number of fused-ring (bicyclic) bond motifs is 10. The molecule has 10 heteroatoms. The molecule has 162 valence electrons. The average molecular weight is 472 g/mol. The van der Waals surface area contributed by atoms with Crippen LogP contribution in [0.25, 0.3) is 33.2 Å². The van der Waals surface area contributed by atoms with Crippen molar-refractivity contribution in [3.63, 3.8) is 0 Å². The summed E-state index contributed by atoms with van der Waals surface area (Å²) in [6.45, 7) is 0. The van der Waals surface area contributed by atoms with Crippen LogP contribution in [0.1, 0.15) is 5.56 Å². The number of aromatic nitrogens is 2. The third-order valence-corrected chi connectivity index (χ3v) is 6.96. The number of imide groups is 1. The summed E-state index contributed by atoms with van der Waals surface area (Å²) in [5.41, 5.74) is -3.67. The fourth-order valence-corrected chi connectivity index (χ4v) is 5.48. The number of hydrogen-bond donors (Lipinski definition) is 3. The number of aliphatic hydroxyl groups is 2. The summed E-state index contributed by atoms with van der Waals surface area (Å²) >= 11 is 12.4. The van der Waals surface area contributed by atoms with Gasteiger partial charge in [-0.2, -0.15) is 0 Å². The maximum Gasteiger partial charge on any atom is 0.286 e. The number of hydrogen-bond acceptors (Lipinski definition) is 5. The molecule has 0 spiro atoms. The van der Waals surface area contributed by atoms with Crippen molar-refractivity contribution in [2.24, 2.45) is 0 Å². The second-order valence-electron chi connectivity index (χ2n) is 8.00. The maximum absolute atomic E-state index is 13.4. The van der Waals surface area contributed by atoms with Gasteiger partial charge >= 0.3 is 0 Å². The predicted octanol–water partition coefficient (Wildman–Crippen LogP) is 2.95. The van der Waals surface area contributed by atoms with E-state index in [1.54, 1.807) is 36.4 Å². The van der Waals surface area contributed by atoms with E-state index in [-0.39, 0.29) is 5.56 Å². The van der Waals surface area contributed by atoms with Crippen LogP contribution in [0.3, 0.4) is 0 Å². The topological polar surface area (TPSA) is 108 Å². The molecule has 0 radical (unpaired) electrons. The number of aromatic amines is 1. The second kappa shape index (κ2) is 5.85. The largest absolute Gasteiger partial charge is 0.494 e. The zero-order valence-electron chi connectivity index (χ0n) is 16.7. The molecule has 32 heavy (non-hydrogen) atoms. The third kappa shape index (κ3) is 1.89. The number of benzene rings is 2. The first kappa shape index (κ1) is 19.6. The van der Waals surface area contributed by atoms with E-state index in [2.05, 4.69) is 4.98 Å². The molecule has 0 bridgehead atoms. The lowest BCUT2D eigenvalue weighted by Crippen LogP contribution is -2.58. The number of rotatable bonds is 1. The van der Waals surface area contributed by atoms with Crippen LogP contribution in [0.15, 0.2) is 36.4 Å². The summed E-state index contributed by atoms with van der Waals surface area (Å²) in [6, 6.07) is 9.74. The van der Waals surface area contributed by atoms with Gasteiger partial charge in [-0.1, -0.05) is 23.2 Å². The highest BCUT2D eigenvalue weighted by Gasteiger charge is 2.74. The summed E-state index contributed by atoms with van der Waals surface area (Å²) in [7, 11) is 2.67. The van der Waals surface area contributed by atoms with E-state index in [9.17, 15) is 19.8 Å². The van der Waals surface area contributed by atoms with Gasteiger partial charge in [-0.25, -0.2) is 0 Å². The van der Waals surface area contributed by atoms with E-state index >= 15 is 0 Å². The van der Waals surface area contributed by atoms with Crippen molar-refractivity contribution < 1.29 is 24.5 Å². The van der Waals surface area contributed by atoms with Crippen molar-refractivity contribution in [3.8, 4) is 17.1 Å². The Morgan fingerprint density at radius 1 is 1.00 bits per heavy atom. The SMILES string of the molecule is COc1c2n(c3ccc(Cl)cc13)C1(O)C(=O)N(C)C(=O)C1(O)c1c-2[nH]c2ccc(Cl)cc12. The van der Waals surface area contributed by atoms with Crippen molar-refractivity contribution in [2.75, 3.05) is 14.2 Å². The van der Waals surface area contributed by atoms with Crippen LogP contribution in [0, 0.1) is 0 Å². The molecule has 3 N–H and O–H groups in total. The van der Waals surface area contributed by atoms with Crippen LogP contribution in [-0.2, 0) is 20.9 Å². The lowest BCUT2D eigenvalue weighted by molar-refractivity contribution is -0.193. The van der Waals surface area contributed by atoms with Crippen molar-refractivity contribution in [2.45, 2.75) is 11.3 Å². The highest BCUT2D eigenvalue weighted by Crippen LogP contribution is 2.59. The van der Waals surface area contributed by atoms with Gasteiger partial charge in [0.05, 0.1) is 18.3 Å².